The third kappa shape index (κ3) is 3.09. The fraction of sp³-hybridized carbons (Fsp3) is 0.364. The largest absolute Gasteiger partial charge is 0.497 e. The number of benzene rings is 1. The molecular formula is C11H13NO6. The van der Waals surface area contributed by atoms with Gasteiger partial charge in [0.05, 0.1) is 19.1 Å². The van der Waals surface area contributed by atoms with Crippen LogP contribution in [0.3, 0.4) is 0 Å². The van der Waals surface area contributed by atoms with Crippen LogP contribution in [0.5, 0.6) is 11.5 Å². The molecule has 1 aromatic carbocycles. The number of ether oxygens (including phenoxy) is 3. The Bertz CT molecular complexity index is 459. The van der Waals surface area contributed by atoms with E-state index < -0.39 is 17.0 Å². The molecular weight excluding hydrogens is 242 g/mol. The Balaban J connectivity index is 3.04. The van der Waals surface area contributed by atoms with Crippen molar-refractivity contribution in [1.82, 2.24) is 0 Å². The maximum atomic E-state index is 11.2. The van der Waals surface area contributed by atoms with Gasteiger partial charge in [0, 0.05) is 12.1 Å². The van der Waals surface area contributed by atoms with E-state index in [9.17, 15) is 14.9 Å². The van der Waals surface area contributed by atoms with Gasteiger partial charge in [0.15, 0.2) is 6.10 Å². The molecule has 0 aromatic heterocycles. The summed E-state index contributed by atoms with van der Waals surface area (Å²) in [6.45, 7) is 1.44. The summed E-state index contributed by atoms with van der Waals surface area (Å²) in [7, 11) is 2.64. The standard InChI is InChI=1S/C11H13NO6/c1-7(11(13)17-3)18-10-6-8(16-2)4-5-9(10)12(14)15/h4-7H,1-3H3. The molecule has 0 fully saturated rings. The summed E-state index contributed by atoms with van der Waals surface area (Å²) in [5, 5.41) is 10.8. The molecule has 0 heterocycles. The van der Waals surface area contributed by atoms with Crippen molar-refractivity contribution >= 4 is 11.7 Å². The molecule has 0 saturated heterocycles. The quantitative estimate of drug-likeness (QED) is 0.450. The second-order valence-electron chi connectivity index (χ2n) is 3.37. The first kappa shape index (κ1) is 13.8. The second-order valence-corrected chi connectivity index (χ2v) is 3.37. The highest BCUT2D eigenvalue weighted by atomic mass is 16.6. The van der Waals surface area contributed by atoms with Crippen molar-refractivity contribution in [2.24, 2.45) is 0 Å². The lowest BCUT2D eigenvalue weighted by molar-refractivity contribution is -0.386. The number of rotatable bonds is 5. The van der Waals surface area contributed by atoms with E-state index in [1.165, 1.54) is 39.3 Å². The first-order chi connectivity index (χ1) is 8.49. The Labute approximate surface area is 103 Å². The van der Waals surface area contributed by atoms with Crippen LogP contribution in [0.1, 0.15) is 6.92 Å². The predicted octanol–water partition coefficient (Wildman–Crippen LogP) is 1.54. The van der Waals surface area contributed by atoms with Gasteiger partial charge in [-0.2, -0.15) is 0 Å². The number of methoxy groups -OCH3 is 2. The molecule has 0 amide bonds. The number of esters is 1. The zero-order valence-corrected chi connectivity index (χ0v) is 10.2. The average molecular weight is 255 g/mol. The minimum atomic E-state index is -0.944. The molecule has 7 nitrogen and oxygen atoms in total. The van der Waals surface area contributed by atoms with Gasteiger partial charge in [-0.3, -0.25) is 10.1 Å². The van der Waals surface area contributed by atoms with Crippen LogP contribution >= 0.6 is 0 Å². The number of nitro groups is 1. The fourth-order valence-electron chi connectivity index (χ4n) is 1.27. The number of hydrogen-bond donors (Lipinski definition) is 0. The second kappa shape index (κ2) is 5.85. The van der Waals surface area contributed by atoms with E-state index in [0.717, 1.165) is 0 Å². The predicted molar refractivity (Wildman–Crippen MR) is 61.8 cm³/mol. The van der Waals surface area contributed by atoms with Crippen molar-refractivity contribution in [1.29, 1.82) is 0 Å². The lowest BCUT2D eigenvalue weighted by Gasteiger charge is -2.13. The highest BCUT2D eigenvalue weighted by molar-refractivity contribution is 5.74. The lowest BCUT2D eigenvalue weighted by Crippen LogP contribution is -2.25. The first-order valence-electron chi connectivity index (χ1n) is 5.06. The van der Waals surface area contributed by atoms with Crippen LogP contribution in [0.2, 0.25) is 0 Å². The molecule has 1 unspecified atom stereocenters. The number of carbonyl (C=O) groups is 1. The summed E-state index contributed by atoms with van der Waals surface area (Å²) >= 11 is 0. The van der Waals surface area contributed by atoms with Crippen LogP contribution in [0.25, 0.3) is 0 Å². The van der Waals surface area contributed by atoms with Gasteiger partial charge in [0.25, 0.3) is 0 Å². The van der Waals surface area contributed by atoms with Crippen molar-refractivity contribution in [3.63, 3.8) is 0 Å². The molecule has 0 aliphatic heterocycles. The molecule has 0 aliphatic carbocycles. The Morgan fingerprint density at radius 3 is 2.56 bits per heavy atom. The van der Waals surface area contributed by atoms with Crippen molar-refractivity contribution in [2.75, 3.05) is 14.2 Å². The molecule has 0 radical (unpaired) electrons. The molecule has 0 N–H and O–H groups in total. The van der Waals surface area contributed by atoms with Gasteiger partial charge < -0.3 is 14.2 Å². The number of hydrogen-bond acceptors (Lipinski definition) is 6. The summed E-state index contributed by atoms with van der Waals surface area (Å²) in [4.78, 5) is 21.4. The van der Waals surface area contributed by atoms with Gasteiger partial charge in [-0.1, -0.05) is 0 Å². The van der Waals surface area contributed by atoms with Crippen molar-refractivity contribution < 1.29 is 23.9 Å². The number of nitrogens with zero attached hydrogens (tertiary/aromatic N) is 1. The summed E-state index contributed by atoms with van der Waals surface area (Å²) in [6, 6.07) is 4.03. The molecule has 7 heteroatoms. The van der Waals surface area contributed by atoms with E-state index in [2.05, 4.69) is 4.74 Å². The summed E-state index contributed by atoms with van der Waals surface area (Å²) in [5.41, 5.74) is -0.244. The number of carbonyl (C=O) groups excluding carboxylic acids is 1. The molecule has 0 aliphatic rings. The van der Waals surface area contributed by atoms with E-state index in [-0.39, 0.29) is 11.4 Å². The average Bonchev–Trinajstić information content (AvgIpc) is 2.37. The van der Waals surface area contributed by atoms with Crippen LogP contribution in [-0.2, 0) is 9.53 Å². The van der Waals surface area contributed by atoms with Crippen molar-refractivity contribution in [2.45, 2.75) is 13.0 Å². The van der Waals surface area contributed by atoms with E-state index in [1.807, 2.05) is 0 Å². The normalized spacial score (nSPS) is 11.5. The maximum Gasteiger partial charge on any atom is 0.346 e. The van der Waals surface area contributed by atoms with Crippen LogP contribution in [0.15, 0.2) is 18.2 Å². The molecule has 1 atom stereocenters. The SMILES string of the molecule is COC(=O)C(C)Oc1cc(OC)ccc1[N+](=O)[O-]. The molecule has 18 heavy (non-hydrogen) atoms. The highest BCUT2D eigenvalue weighted by Gasteiger charge is 2.22. The van der Waals surface area contributed by atoms with Gasteiger partial charge in [0.1, 0.15) is 5.75 Å². The summed E-state index contributed by atoms with van der Waals surface area (Å²) in [6.07, 6.45) is -0.944. The van der Waals surface area contributed by atoms with Gasteiger partial charge in [0.2, 0.25) is 5.75 Å². The van der Waals surface area contributed by atoms with Crippen LogP contribution < -0.4 is 9.47 Å². The molecule has 0 spiro atoms. The Kier molecular flexibility index (Phi) is 4.47. The van der Waals surface area contributed by atoms with Crippen LogP contribution in [0.4, 0.5) is 5.69 Å². The maximum absolute atomic E-state index is 11.2. The van der Waals surface area contributed by atoms with E-state index >= 15 is 0 Å². The fourth-order valence-corrected chi connectivity index (χ4v) is 1.27. The third-order valence-electron chi connectivity index (χ3n) is 2.20. The van der Waals surface area contributed by atoms with Crippen molar-refractivity contribution in [3.8, 4) is 11.5 Å². The molecule has 98 valence electrons. The smallest absolute Gasteiger partial charge is 0.346 e. The van der Waals surface area contributed by atoms with Crippen LogP contribution in [-0.4, -0.2) is 31.2 Å². The minimum absolute atomic E-state index is 0.0442. The van der Waals surface area contributed by atoms with E-state index in [0.29, 0.717) is 5.75 Å². The van der Waals surface area contributed by atoms with E-state index in [1.54, 1.807) is 0 Å². The Hall–Kier alpha value is -2.31. The summed E-state index contributed by atoms with van der Waals surface area (Å²) in [5.74, 6) is -0.267. The van der Waals surface area contributed by atoms with Gasteiger partial charge in [-0.15, -0.1) is 0 Å². The van der Waals surface area contributed by atoms with Gasteiger partial charge in [-0.05, 0) is 13.0 Å². The lowest BCUT2D eigenvalue weighted by atomic mass is 10.2. The molecule has 0 saturated carbocycles. The van der Waals surface area contributed by atoms with Gasteiger partial charge >= 0.3 is 11.7 Å². The third-order valence-corrected chi connectivity index (χ3v) is 2.20. The molecule has 1 rings (SSSR count). The highest BCUT2D eigenvalue weighted by Crippen LogP contribution is 2.31. The summed E-state index contributed by atoms with van der Waals surface area (Å²) < 4.78 is 14.6. The Morgan fingerprint density at radius 1 is 1.39 bits per heavy atom. The molecule has 1 aromatic rings. The zero-order chi connectivity index (χ0) is 13.7. The minimum Gasteiger partial charge on any atom is -0.497 e. The zero-order valence-electron chi connectivity index (χ0n) is 10.2. The van der Waals surface area contributed by atoms with Crippen molar-refractivity contribution in [3.05, 3.63) is 28.3 Å². The monoisotopic (exact) mass is 255 g/mol. The first-order valence-corrected chi connectivity index (χ1v) is 5.06. The van der Waals surface area contributed by atoms with E-state index in [4.69, 9.17) is 9.47 Å². The van der Waals surface area contributed by atoms with Gasteiger partial charge in [-0.25, -0.2) is 4.79 Å². The molecule has 0 bridgehead atoms. The van der Waals surface area contributed by atoms with Crippen LogP contribution in [0, 0.1) is 10.1 Å². The topological polar surface area (TPSA) is 87.9 Å². The Morgan fingerprint density at radius 2 is 2.06 bits per heavy atom. The number of nitro benzene ring substituents is 1.